The largest absolute Gasteiger partial charge is 0.366 e. The Balaban J connectivity index is 4.50. The highest BCUT2D eigenvalue weighted by Crippen LogP contribution is 2.16. The van der Waals surface area contributed by atoms with Gasteiger partial charge in [0.25, 0.3) is 0 Å². The van der Waals surface area contributed by atoms with Crippen LogP contribution >= 0.6 is 0 Å². The van der Waals surface area contributed by atoms with Crippen LogP contribution in [0.1, 0.15) is 78.6 Å². The summed E-state index contributed by atoms with van der Waals surface area (Å²) in [5.74, 6) is -0.353. The molecule has 2 N–H and O–H groups in total. The first-order valence-corrected chi connectivity index (χ1v) is 8.81. The lowest BCUT2D eigenvalue weighted by molar-refractivity contribution is -0.115. The summed E-state index contributed by atoms with van der Waals surface area (Å²) < 4.78 is 0. The van der Waals surface area contributed by atoms with Crippen LogP contribution in [0.25, 0.3) is 0 Å². The van der Waals surface area contributed by atoms with Gasteiger partial charge in [0.15, 0.2) is 0 Å². The van der Waals surface area contributed by atoms with Crippen molar-refractivity contribution in [3.05, 3.63) is 12.2 Å². The van der Waals surface area contributed by atoms with Crippen molar-refractivity contribution in [1.29, 1.82) is 0 Å². The van der Waals surface area contributed by atoms with Crippen LogP contribution in [0.2, 0.25) is 0 Å². The van der Waals surface area contributed by atoms with Crippen LogP contribution < -0.4 is 5.73 Å². The van der Waals surface area contributed by atoms with Gasteiger partial charge in [-0.3, -0.25) is 9.69 Å². The minimum absolute atomic E-state index is 0.116. The van der Waals surface area contributed by atoms with Gasteiger partial charge in [0.1, 0.15) is 0 Å². The van der Waals surface area contributed by atoms with Crippen molar-refractivity contribution in [3.63, 3.8) is 0 Å². The summed E-state index contributed by atoms with van der Waals surface area (Å²) in [4.78, 5) is 13.9. The van der Waals surface area contributed by atoms with Gasteiger partial charge in [-0.25, -0.2) is 0 Å². The highest BCUT2D eigenvalue weighted by atomic mass is 16.1. The second kappa shape index (κ2) is 12.9. The van der Waals surface area contributed by atoms with Gasteiger partial charge in [-0.2, -0.15) is 0 Å². The number of primary amides is 1. The molecule has 3 heteroatoms. The average Bonchev–Trinajstić information content (AvgIpc) is 2.47. The SMILES string of the molecule is C=C(C(N)=O)C(CC)N(CCCCCC)CCCCCC. The third kappa shape index (κ3) is 8.92. The van der Waals surface area contributed by atoms with E-state index in [9.17, 15) is 4.79 Å². The normalized spacial score (nSPS) is 12.6. The zero-order valence-electron chi connectivity index (χ0n) is 14.5. The van der Waals surface area contributed by atoms with Crippen LogP contribution in [-0.2, 0) is 4.79 Å². The van der Waals surface area contributed by atoms with E-state index in [1.54, 1.807) is 0 Å². The number of nitrogens with two attached hydrogens (primary N) is 1. The second-order valence-corrected chi connectivity index (χ2v) is 5.97. The van der Waals surface area contributed by atoms with E-state index >= 15 is 0 Å². The lowest BCUT2D eigenvalue weighted by Crippen LogP contribution is -2.41. The third-order valence-corrected chi connectivity index (χ3v) is 4.14. The minimum atomic E-state index is -0.353. The Kier molecular flexibility index (Phi) is 12.4. The molecule has 0 aliphatic heterocycles. The van der Waals surface area contributed by atoms with Crippen LogP contribution in [0.5, 0.6) is 0 Å². The standard InChI is InChI=1S/C18H36N2O/c1-5-8-10-12-14-20(15-13-11-9-6-2)17(7-3)16(4)18(19)21/h17H,4-15H2,1-3H3,(H2,19,21). The average molecular weight is 296 g/mol. The van der Waals surface area contributed by atoms with Crippen LogP contribution in [-0.4, -0.2) is 29.9 Å². The molecule has 0 heterocycles. The van der Waals surface area contributed by atoms with Crippen LogP contribution in [0, 0.1) is 0 Å². The molecule has 0 aromatic rings. The first-order chi connectivity index (χ1) is 10.1. The highest BCUT2D eigenvalue weighted by molar-refractivity contribution is 5.92. The van der Waals surface area contributed by atoms with Crippen LogP contribution in [0.3, 0.4) is 0 Å². The molecule has 0 aromatic carbocycles. The Morgan fingerprint density at radius 3 is 1.76 bits per heavy atom. The van der Waals surface area contributed by atoms with E-state index < -0.39 is 0 Å². The number of rotatable bonds is 14. The van der Waals surface area contributed by atoms with E-state index in [0.717, 1.165) is 19.5 Å². The number of unbranched alkanes of at least 4 members (excludes halogenated alkanes) is 6. The van der Waals surface area contributed by atoms with E-state index in [-0.39, 0.29) is 11.9 Å². The van der Waals surface area contributed by atoms with Crippen molar-refractivity contribution < 1.29 is 4.79 Å². The fourth-order valence-electron chi connectivity index (χ4n) is 2.80. The van der Waals surface area contributed by atoms with Gasteiger partial charge in [-0.15, -0.1) is 0 Å². The summed E-state index contributed by atoms with van der Waals surface area (Å²) in [6.07, 6.45) is 10.9. The van der Waals surface area contributed by atoms with Gasteiger partial charge in [0, 0.05) is 11.6 Å². The summed E-state index contributed by atoms with van der Waals surface area (Å²) >= 11 is 0. The number of carbonyl (C=O) groups is 1. The zero-order valence-corrected chi connectivity index (χ0v) is 14.5. The van der Waals surface area contributed by atoms with Crippen molar-refractivity contribution in [2.75, 3.05) is 13.1 Å². The molecule has 0 aliphatic rings. The molecule has 0 bridgehead atoms. The molecule has 1 amide bonds. The van der Waals surface area contributed by atoms with E-state index in [1.807, 2.05) is 0 Å². The van der Waals surface area contributed by atoms with E-state index in [1.165, 1.54) is 51.4 Å². The first-order valence-electron chi connectivity index (χ1n) is 8.81. The molecule has 0 rings (SSSR count). The lowest BCUT2D eigenvalue weighted by Gasteiger charge is -2.31. The summed E-state index contributed by atoms with van der Waals surface area (Å²) in [5, 5.41) is 0. The molecule has 0 saturated carbocycles. The molecule has 1 atom stereocenters. The zero-order chi connectivity index (χ0) is 16.1. The lowest BCUT2D eigenvalue weighted by atomic mass is 10.0. The predicted molar refractivity (Wildman–Crippen MR) is 92.3 cm³/mol. The summed E-state index contributed by atoms with van der Waals surface area (Å²) in [5.41, 5.74) is 6.01. The molecular formula is C18H36N2O. The Labute approximate surface area is 132 Å². The molecule has 0 fully saturated rings. The Morgan fingerprint density at radius 2 is 1.43 bits per heavy atom. The number of hydrogen-bond acceptors (Lipinski definition) is 2. The summed E-state index contributed by atoms with van der Waals surface area (Å²) in [6, 6.07) is 0.116. The van der Waals surface area contributed by atoms with E-state index in [2.05, 4.69) is 32.3 Å². The third-order valence-electron chi connectivity index (χ3n) is 4.14. The number of hydrogen-bond donors (Lipinski definition) is 1. The van der Waals surface area contributed by atoms with Crippen molar-refractivity contribution in [1.82, 2.24) is 4.90 Å². The summed E-state index contributed by atoms with van der Waals surface area (Å²) in [6.45, 7) is 12.6. The molecule has 0 spiro atoms. The fraction of sp³-hybridized carbons (Fsp3) is 0.833. The van der Waals surface area contributed by atoms with E-state index in [0.29, 0.717) is 5.57 Å². The quantitative estimate of drug-likeness (QED) is 0.384. The smallest absolute Gasteiger partial charge is 0.245 e. The Hall–Kier alpha value is -0.830. The van der Waals surface area contributed by atoms with Gasteiger partial charge in [0.2, 0.25) is 5.91 Å². The van der Waals surface area contributed by atoms with Gasteiger partial charge < -0.3 is 5.73 Å². The van der Waals surface area contributed by atoms with Crippen molar-refractivity contribution in [2.45, 2.75) is 84.6 Å². The molecular weight excluding hydrogens is 260 g/mol. The number of amides is 1. The van der Waals surface area contributed by atoms with Crippen molar-refractivity contribution in [2.24, 2.45) is 5.73 Å². The Morgan fingerprint density at radius 1 is 0.952 bits per heavy atom. The predicted octanol–water partition coefficient (Wildman–Crippen LogP) is 4.27. The molecule has 0 aliphatic carbocycles. The second-order valence-electron chi connectivity index (χ2n) is 5.97. The first kappa shape index (κ1) is 20.2. The number of nitrogens with zero attached hydrogens (tertiary/aromatic N) is 1. The topological polar surface area (TPSA) is 46.3 Å². The van der Waals surface area contributed by atoms with Crippen molar-refractivity contribution >= 4 is 5.91 Å². The molecule has 1 unspecified atom stereocenters. The monoisotopic (exact) mass is 296 g/mol. The van der Waals surface area contributed by atoms with Gasteiger partial charge in [0.05, 0.1) is 0 Å². The molecule has 3 nitrogen and oxygen atoms in total. The molecule has 21 heavy (non-hydrogen) atoms. The van der Waals surface area contributed by atoms with E-state index in [4.69, 9.17) is 5.73 Å². The molecule has 0 saturated heterocycles. The molecule has 124 valence electrons. The maximum absolute atomic E-state index is 11.5. The van der Waals surface area contributed by atoms with Crippen LogP contribution in [0.15, 0.2) is 12.2 Å². The molecule has 0 radical (unpaired) electrons. The summed E-state index contributed by atoms with van der Waals surface area (Å²) in [7, 11) is 0. The van der Waals surface area contributed by atoms with Crippen LogP contribution in [0.4, 0.5) is 0 Å². The number of carbonyl (C=O) groups excluding carboxylic acids is 1. The molecule has 0 aromatic heterocycles. The minimum Gasteiger partial charge on any atom is -0.366 e. The highest BCUT2D eigenvalue weighted by Gasteiger charge is 2.21. The maximum atomic E-state index is 11.5. The van der Waals surface area contributed by atoms with Gasteiger partial charge in [-0.1, -0.05) is 65.9 Å². The van der Waals surface area contributed by atoms with Gasteiger partial charge in [-0.05, 0) is 32.4 Å². The van der Waals surface area contributed by atoms with Crippen molar-refractivity contribution in [3.8, 4) is 0 Å². The van der Waals surface area contributed by atoms with Gasteiger partial charge >= 0.3 is 0 Å². The Bertz CT molecular complexity index is 277. The fourth-order valence-corrected chi connectivity index (χ4v) is 2.80. The maximum Gasteiger partial charge on any atom is 0.245 e.